The lowest BCUT2D eigenvalue weighted by molar-refractivity contribution is -0.246. The Balaban J connectivity index is 1.14. The van der Waals surface area contributed by atoms with E-state index in [4.69, 9.17) is 18.8 Å². The van der Waals surface area contributed by atoms with Crippen molar-refractivity contribution in [3.8, 4) is 0 Å². The summed E-state index contributed by atoms with van der Waals surface area (Å²) in [6, 6.07) is 0. The predicted octanol–water partition coefficient (Wildman–Crippen LogP) is 3.06. The van der Waals surface area contributed by atoms with Gasteiger partial charge in [0, 0.05) is 24.2 Å². The second kappa shape index (κ2) is 7.94. The van der Waals surface area contributed by atoms with E-state index >= 15 is 0 Å². The summed E-state index contributed by atoms with van der Waals surface area (Å²) in [7, 11) is -5.97. The molecule has 0 spiro atoms. The van der Waals surface area contributed by atoms with Gasteiger partial charge in [-0.3, -0.25) is 9.35 Å². The predicted molar refractivity (Wildman–Crippen MR) is 121 cm³/mol. The highest BCUT2D eigenvalue weighted by molar-refractivity contribution is 7.87. The number of Topliss-reactive ketones (excluding diaryl/α,β-unsaturated/α-hetero) is 1. The first-order chi connectivity index (χ1) is 17.1. The highest BCUT2D eigenvalue weighted by Crippen LogP contribution is 2.61. The zero-order valence-corrected chi connectivity index (χ0v) is 21.4. The fourth-order valence-electron chi connectivity index (χ4n) is 9.31. The first-order valence-electron chi connectivity index (χ1n) is 13.1. The summed E-state index contributed by atoms with van der Waals surface area (Å²) in [4.78, 5) is 37.8. The smallest absolute Gasteiger partial charge is 0.457 e. The van der Waals surface area contributed by atoms with E-state index in [1.807, 2.05) is 6.92 Å². The lowest BCUT2D eigenvalue weighted by atomic mass is 9.49. The van der Waals surface area contributed by atoms with Crippen molar-refractivity contribution in [2.24, 2.45) is 35.5 Å². The Kier molecular flexibility index (Phi) is 5.49. The van der Waals surface area contributed by atoms with Gasteiger partial charge in [-0.2, -0.15) is 17.2 Å². The number of esters is 2. The van der Waals surface area contributed by atoms with Crippen LogP contribution in [0.15, 0.2) is 0 Å². The van der Waals surface area contributed by atoms with Crippen LogP contribution >= 0.6 is 0 Å². The molecule has 8 saturated carbocycles. The molecule has 9 nitrogen and oxygen atoms in total. The van der Waals surface area contributed by atoms with Crippen molar-refractivity contribution in [3.05, 3.63) is 0 Å². The third-order valence-electron chi connectivity index (χ3n) is 10.3. The van der Waals surface area contributed by atoms with Crippen molar-refractivity contribution in [2.45, 2.75) is 93.2 Å². The molecule has 0 aromatic rings. The van der Waals surface area contributed by atoms with Crippen LogP contribution in [0.25, 0.3) is 0 Å². The molecular weight excluding hydrogens is 514 g/mol. The molecule has 7 unspecified atom stereocenters. The number of hydrogen-bond acceptors (Lipinski definition) is 8. The van der Waals surface area contributed by atoms with Crippen molar-refractivity contribution in [1.82, 2.24) is 0 Å². The Morgan fingerprint density at radius 2 is 1.62 bits per heavy atom. The molecule has 0 radical (unpaired) electrons. The Morgan fingerprint density at radius 3 is 2.27 bits per heavy atom. The maximum Gasteiger partial charge on any atom is 0.465 e. The van der Waals surface area contributed by atoms with Gasteiger partial charge < -0.3 is 14.2 Å². The number of ether oxygens (including phenoxy) is 3. The van der Waals surface area contributed by atoms with E-state index in [1.54, 1.807) is 0 Å². The summed E-state index contributed by atoms with van der Waals surface area (Å²) in [6.45, 7) is 1.64. The van der Waals surface area contributed by atoms with E-state index in [2.05, 4.69) is 0 Å². The van der Waals surface area contributed by atoms with Crippen LogP contribution in [-0.2, 0) is 38.7 Å². The summed E-state index contributed by atoms with van der Waals surface area (Å²) >= 11 is 0. The molecule has 8 rings (SSSR count). The topological polar surface area (TPSA) is 133 Å². The molecule has 206 valence electrons. The normalized spacial score (nSPS) is 45.8. The monoisotopic (exact) mass is 546 g/mol. The number of rotatable bonds is 7. The molecule has 12 heteroatoms. The van der Waals surface area contributed by atoms with E-state index in [0.717, 1.165) is 25.7 Å². The van der Waals surface area contributed by atoms with Crippen LogP contribution in [0.5, 0.6) is 0 Å². The van der Waals surface area contributed by atoms with Gasteiger partial charge in [-0.1, -0.05) is 6.92 Å². The molecule has 0 aromatic heterocycles. The largest absolute Gasteiger partial charge is 0.465 e. The molecule has 37 heavy (non-hydrogen) atoms. The minimum absolute atomic E-state index is 0.0126. The van der Waals surface area contributed by atoms with E-state index in [9.17, 15) is 31.6 Å². The molecule has 8 bridgehead atoms. The van der Waals surface area contributed by atoms with Gasteiger partial charge >= 0.3 is 27.3 Å². The summed E-state index contributed by atoms with van der Waals surface area (Å²) in [5.74, 6) is -2.30. The van der Waals surface area contributed by atoms with Gasteiger partial charge in [-0.15, -0.1) is 0 Å². The average Bonchev–Trinajstić information content (AvgIpc) is 2.77. The summed E-state index contributed by atoms with van der Waals surface area (Å²) in [5, 5.41) is -5.07. The van der Waals surface area contributed by atoms with E-state index in [-0.39, 0.29) is 42.6 Å². The highest BCUT2D eigenvalue weighted by Gasteiger charge is 2.64. The number of hydrogen-bond donors (Lipinski definition) is 1. The number of alkyl halides is 2. The van der Waals surface area contributed by atoms with Gasteiger partial charge in [0.1, 0.15) is 23.6 Å². The highest BCUT2D eigenvalue weighted by atomic mass is 32.2. The van der Waals surface area contributed by atoms with Gasteiger partial charge in [0.15, 0.2) is 0 Å². The first-order valence-corrected chi connectivity index (χ1v) is 14.6. The van der Waals surface area contributed by atoms with E-state index in [1.165, 1.54) is 0 Å². The van der Waals surface area contributed by atoms with E-state index in [0.29, 0.717) is 43.8 Å². The maximum absolute atomic E-state index is 13.9. The molecule has 8 fully saturated rings. The average molecular weight is 547 g/mol. The number of halogens is 2. The molecule has 0 aromatic carbocycles. The first kappa shape index (κ1) is 25.6. The van der Waals surface area contributed by atoms with Crippen molar-refractivity contribution < 1.29 is 50.3 Å². The molecule has 1 N–H and O–H groups in total. The molecular formula is C25H32F2O9S. The van der Waals surface area contributed by atoms with Crippen molar-refractivity contribution in [1.29, 1.82) is 0 Å². The second-order valence-corrected chi connectivity index (χ2v) is 14.2. The molecule has 8 aliphatic rings. The SMILES string of the molecule is CC1C2CC3CC(CC1(OC(=O)COC14CC5CC(C1)CC(OC(=O)C(F)(F)S(=O)(=O)O)(C5)C4)C3)C2=O. The maximum atomic E-state index is 13.9. The molecule has 0 heterocycles. The van der Waals surface area contributed by atoms with E-state index < -0.39 is 44.1 Å². The van der Waals surface area contributed by atoms with Gasteiger partial charge in [0.2, 0.25) is 0 Å². The Hall–Kier alpha value is -1.66. The molecule has 7 atom stereocenters. The second-order valence-electron chi connectivity index (χ2n) is 12.8. The molecule has 0 aliphatic heterocycles. The van der Waals surface area contributed by atoms with Gasteiger partial charge in [0.05, 0.1) is 5.60 Å². The van der Waals surface area contributed by atoms with Crippen LogP contribution in [0.4, 0.5) is 8.78 Å². The quantitative estimate of drug-likeness (QED) is 0.378. The minimum Gasteiger partial charge on any atom is -0.457 e. The standard InChI is InChI=1S/C25H32F2O9S/c1-13-18-4-14-3-17(20(18)29)10-24(13,9-14)35-19(28)11-34-22-5-15-2-16(6-22)8-23(7-15,12-22)36-21(30)25(26,27)37(31,32)33/h13-18H,2-12H2,1H3,(H,31,32,33). The number of ketones is 1. The van der Waals surface area contributed by atoms with Crippen LogP contribution in [-0.4, -0.2) is 59.4 Å². The van der Waals surface area contributed by atoms with Crippen LogP contribution in [0, 0.1) is 35.5 Å². The Bertz CT molecular complexity index is 1140. The fourth-order valence-corrected chi connectivity index (χ4v) is 9.56. The van der Waals surface area contributed by atoms with Crippen molar-refractivity contribution in [3.63, 3.8) is 0 Å². The van der Waals surface area contributed by atoms with Gasteiger partial charge in [-0.05, 0) is 75.5 Å². The van der Waals surface area contributed by atoms with Gasteiger partial charge in [-0.25, -0.2) is 9.59 Å². The lowest BCUT2D eigenvalue weighted by Crippen LogP contribution is -2.63. The molecule has 0 saturated heterocycles. The zero-order valence-electron chi connectivity index (χ0n) is 20.6. The van der Waals surface area contributed by atoms with Crippen LogP contribution in [0.2, 0.25) is 0 Å². The third-order valence-corrected chi connectivity index (χ3v) is 11.1. The van der Waals surface area contributed by atoms with Gasteiger partial charge in [0.25, 0.3) is 0 Å². The Labute approximate surface area is 213 Å². The Morgan fingerprint density at radius 1 is 0.973 bits per heavy atom. The number of carbonyl (C=O) groups excluding carboxylic acids is 3. The fraction of sp³-hybridized carbons (Fsp3) is 0.880. The lowest BCUT2D eigenvalue weighted by Gasteiger charge is -2.60. The van der Waals surface area contributed by atoms with Crippen LogP contribution < -0.4 is 0 Å². The van der Waals surface area contributed by atoms with Crippen molar-refractivity contribution in [2.75, 3.05) is 6.61 Å². The summed E-state index contributed by atoms with van der Waals surface area (Å²) in [5.41, 5.74) is -2.88. The zero-order chi connectivity index (χ0) is 26.6. The van der Waals surface area contributed by atoms with Crippen LogP contribution in [0.1, 0.15) is 71.1 Å². The number of carbonyl (C=O) groups is 3. The minimum atomic E-state index is -5.97. The third kappa shape index (κ3) is 3.95. The van der Waals surface area contributed by atoms with Crippen LogP contribution in [0.3, 0.4) is 0 Å². The molecule has 8 aliphatic carbocycles. The summed E-state index contributed by atoms with van der Waals surface area (Å²) < 4.78 is 76.1. The molecule has 0 amide bonds. The summed E-state index contributed by atoms with van der Waals surface area (Å²) in [6.07, 6.45) is 5.63. The van der Waals surface area contributed by atoms with Crippen molar-refractivity contribution >= 4 is 27.8 Å².